The first kappa shape index (κ1) is 113. The summed E-state index contributed by atoms with van der Waals surface area (Å²) in [5.41, 5.74) is 6.22. The molecule has 1 aromatic carbocycles. The molecule has 3 aliphatic heterocycles. The zero-order chi connectivity index (χ0) is 82.9. The van der Waals surface area contributed by atoms with Gasteiger partial charge in [-0.05, 0) is 164 Å². The van der Waals surface area contributed by atoms with Crippen molar-refractivity contribution in [3.05, 3.63) is 35.4 Å². The summed E-state index contributed by atoms with van der Waals surface area (Å²) in [4.78, 5) is 69.9. The summed E-state index contributed by atoms with van der Waals surface area (Å²) >= 11 is 0. The smallest absolute Gasteiger partial charge is 0.410 e. The van der Waals surface area contributed by atoms with E-state index in [0.717, 1.165) is 113 Å². The number of benzene rings is 1. The number of nitrogens with one attached hydrogen (secondary N) is 1. The van der Waals surface area contributed by atoms with Gasteiger partial charge < -0.3 is 25.4 Å². The normalized spacial score (nSPS) is 17.9. The van der Waals surface area contributed by atoms with Crippen LogP contribution in [0.3, 0.4) is 0 Å². The number of hydrogen-bond donors (Lipinski definition) is 2. The van der Waals surface area contributed by atoms with Crippen molar-refractivity contribution in [3.8, 4) is 0 Å². The van der Waals surface area contributed by atoms with Crippen molar-refractivity contribution < 1.29 is 64.6 Å². The van der Waals surface area contributed by atoms with Gasteiger partial charge in [0.25, 0.3) is 11.8 Å². The Balaban J connectivity index is -0.000000258. The number of nitrogens with two attached hydrogens (primary N) is 1. The fourth-order valence-electron chi connectivity index (χ4n) is 9.43. The highest BCUT2D eigenvalue weighted by molar-refractivity contribution is 6.21. The van der Waals surface area contributed by atoms with E-state index in [1.54, 1.807) is 31.2 Å². The van der Waals surface area contributed by atoms with E-state index in [1.165, 1.54) is 154 Å². The number of methoxy groups -OCH3 is 1. The molecule has 1 aromatic rings. The quantitative estimate of drug-likeness (QED) is 0.110. The average Bonchev–Trinajstić information content (AvgIpc) is 1.64. The van der Waals surface area contributed by atoms with Gasteiger partial charge in [-0.2, -0.15) is 26.3 Å². The van der Waals surface area contributed by atoms with Crippen LogP contribution < -0.4 is 11.1 Å². The van der Waals surface area contributed by atoms with Crippen LogP contribution in [0, 0.1) is 52.8 Å². The Morgan fingerprint density at radius 1 is 0.547 bits per heavy atom. The number of Topliss-reactive ketones (excluding diaryl/α,β-unsaturated/α-hetero) is 2. The third-order valence-corrected chi connectivity index (χ3v) is 16.5. The summed E-state index contributed by atoms with van der Waals surface area (Å²) in [6, 6.07) is 6.95. The number of ketones is 2. The molecule has 630 valence electrons. The third kappa shape index (κ3) is 87.2. The fourth-order valence-corrected chi connectivity index (χ4v) is 9.43. The zero-order valence-electron chi connectivity index (χ0n) is 73.0. The van der Waals surface area contributed by atoms with Crippen molar-refractivity contribution in [1.29, 1.82) is 0 Å². The highest BCUT2D eigenvalue weighted by atomic mass is 19.4. The van der Waals surface area contributed by atoms with Crippen LogP contribution in [0.4, 0.5) is 31.1 Å². The molecular formula is C88H168F6N4O8. The van der Waals surface area contributed by atoms with Crippen LogP contribution in [-0.2, 0) is 23.9 Å². The van der Waals surface area contributed by atoms with Gasteiger partial charge in [0.1, 0.15) is 17.2 Å². The second kappa shape index (κ2) is 70.1. The molecule has 8 aliphatic rings. The molecule has 3 heterocycles. The fraction of sp³-hybridized carbons (Fsp3) is 0.864. The summed E-state index contributed by atoms with van der Waals surface area (Å²) < 4.78 is 76.3. The number of alkyl halides is 6. The van der Waals surface area contributed by atoms with Crippen LogP contribution in [0.1, 0.15) is 399 Å². The number of halogens is 6. The van der Waals surface area contributed by atoms with Crippen LogP contribution in [0.15, 0.2) is 24.3 Å². The largest absolute Gasteiger partial charge is 0.469 e. The van der Waals surface area contributed by atoms with Gasteiger partial charge >= 0.3 is 24.4 Å². The van der Waals surface area contributed by atoms with Gasteiger partial charge in [-0.3, -0.25) is 28.9 Å². The van der Waals surface area contributed by atoms with E-state index in [2.05, 4.69) is 128 Å². The lowest BCUT2D eigenvalue weighted by Gasteiger charge is -2.32. The number of piperidine rings is 2. The summed E-state index contributed by atoms with van der Waals surface area (Å²) in [6.07, 6.45) is 26.8. The second-order valence-electron chi connectivity index (χ2n) is 33.5. The lowest BCUT2D eigenvalue weighted by Crippen LogP contribution is -2.42. The standard InChI is InChI=1S/C11H11NO2.C11H21NO2.C8H14O.C7H14.C6H9F3O.C6H13N.C6H12O2.C6H12.C5H10.C5H12.C4H8.C4H10.C3H5F3.C3H9N.C3H8/c1-2-7-12-10(13)8-5-3-4-6-9(8)11(12)14;1-9-6-5-7-12(8-9)10(13)14-11(2,3)4;1-2-3-4-8(9)7-5-6-7;1-7-5-3-2-4-6-7;1-2-5(10)3-4-6(7,8)9;1-6-3-2-4-7-5-6;1-3-4-5-6(7)8-2;1-6-4-2-3-5-6;1-5-3-2-4-5;1-5(2,3)4;1-4-2-3-4;1-4(2)3;1-2-3(4,5)6;1-2-3-4;1-3-2/h3-6H,2,7H2,1H3;9H,5-8H2,1-4H3;7H,2-6H2,1H3;7H,2-6H2,1H3;2-4H2,1H3;6-7H,2-5H2,1H3;3-5H2,1-2H3;6H,2-5H2,1H3;5H,2-4H2,1H3;1-4H3;4H,2-3H2,1H3;4H,1-3H3;2H2,1H3;2-4H2,1H3;3H2,1-2H3/t;9-;;;;6-;;;;;;;;;/m.1...1........./s1. The summed E-state index contributed by atoms with van der Waals surface area (Å²) in [6.45, 7) is 55.3. The van der Waals surface area contributed by atoms with Crippen molar-refractivity contribution in [1.82, 2.24) is 15.1 Å². The van der Waals surface area contributed by atoms with E-state index in [9.17, 15) is 55.1 Å². The monoisotopic (exact) mass is 1520 g/mol. The molecule has 3 amide bonds. The molecule has 3 N–H and O–H groups in total. The molecule has 0 radical (unpaired) electrons. The SMILES string of the molecule is CC(C)(C)C.CC(C)C.CC1CC1.CC1CCC1.CC1CCCC1.CC1CCCCC1.CCC.CCC(=O)CCC(F)(F)F.CCC(F)(F)F.CCCCC(=O)C1CC1.CCCCC(=O)OC.CCCN.CCCN1C(=O)c2ccccc2C1=O.C[C@@H]1CCCN(C(=O)OC(C)(C)C)C1.C[C@@H]1CCCNC1. The first-order chi connectivity index (χ1) is 49.3. The van der Waals surface area contributed by atoms with E-state index in [1.807, 2.05) is 39.5 Å². The number of amides is 3. The highest BCUT2D eigenvalue weighted by Crippen LogP contribution is 2.32. The lowest BCUT2D eigenvalue weighted by molar-refractivity contribution is -0.143. The minimum absolute atomic E-state index is 0.105. The maximum atomic E-state index is 11.7. The van der Waals surface area contributed by atoms with E-state index in [4.69, 9.17) is 10.5 Å². The molecule has 2 atom stereocenters. The van der Waals surface area contributed by atoms with Crippen LogP contribution in [0.5, 0.6) is 0 Å². The number of ether oxygens (including phenoxy) is 2. The molecule has 0 spiro atoms. The molecule has 106 heavy (non-hydrogen) atoms. The maximum Gasteiger partial charge on any atom is 0.410 e. The molecule has 0 aromatic heterocycles. The number of carbonyl (C=O) groups is 6. The molecule has 5 saturated carbocycles. The molecule has 2 saturated heterocycles. The highest BCUT2D eigenvalue weighted by Gasteiger charge is 2.34. The van der Waals surface area contributed by atoms with Crippen LogP contribution in [0.25, 0.3) is 0 Å². The van der Waals surface area contributed by atoms with Gasteiger partial charge in [0, 0.05) is 57.7 Å². The Hall–Kier alpha value is -4.06. The van der Waals surface area contributed by atoms with Crippen LogP contribution >= 0.6 is 0 Å². The molecule has 0 unspecified atom stereocenters. The predicted molar refractivity (Wildman–Crippen MR) is 438 cm³/mol. The van der Waals surface area contributed by atoms with Gasteiger partial charge in [-0.1, -0.05) is 267 Å². The number of unbranched alkanes of at least 4 members (excludes halogenated alkanes) is 2. The number of carbonyl (C=O) groups excluding carboxylic acids is 6. The number of hydrogen-bond acceptors (Lipinski definition) is 10. The molecule has 5 aliphatic carbocycles. The molecule has 7 fully saturated rings. The van der Waals surface area contributed by atoms with Crippen LogP contribution in [0.2, 0.25) is 0 Å². The van der Waals surface area contributed by atoms with E-state index < -0.39 is 25.2 Å². The Labute approximate surface area is 648 Å². The minimum atomic E-state index is -4.19. The van der Waals surface area contributed by atoms with E-state index in [0.29, 0.717) is 47.1 Å². The van der Waals surface area contributed by atoms with Crippen molar-refractivity contribution in [2.75, 3.05) is 46.4 Å². The lowest BCUT2D eigenvalue weighted by atomic mass is 9.88. The van der Waals surface area contributed by atoms with Crippen molar-refractivity contribution >= 4 is 35.4 Å². The summed E-state index contributed by atoms with van der Waals surface area (Å²) in [5, 5.41) is 3.33. The Morgan fingerprint density at radius 3 is 1.20 bits per heavy atom. The molecule has 18 heteroatoms. The maximum absolute atomic E-state index is 11.7. The molecule has 0 bridgehead atoms. The average molecular weight is 1520 g/mol. The van der Waals surface area contributed by atoms with Crippen LogP contribution in [-0.4, -0.2) is 110 Å². The van der Waals surface area contributed by atoms with Gasteiger partial charge in [-0.15, -0.1) is 0 Å². The number of likely N-dealkylation sites (tertiary alicyclic amines) is 1. The third-order valence-electron chi connectivity index (χ3n) is 16.5. The number of fused-ring (bicyclic) bond motifs is 1. The second-order valence-corrected chi connectivity index (χ2v) is 33.5. The number of rotatable bonds is 13. The Morgan fingerprint density at radius 2 is 0.943 bits per heavy atom. The van der Waals surface area contributed by atoms with Crippen molar-refractivity contribution in [3.63, 3.8) is 0 Å². The number of esters is 1. The van der Waals surface area contributed by atoms with E-state index >= 15 is 0 Å². The molecular weight excluding hydrogens is 1350 g/mol. The summed E-state index contributed by atoms with van der Waals surface area (Å²) in [5.74, 6) is 6.83. The minimum Gasteiger partial charge on any atom is -0.469 e. The van der Waals surface area contributed by atoms with E-state index in [-0.39, 0.29) is 48.1 Å². The first-order valence-electron chi connectivity index (χ1n) is 41.9. The predicted octanol–water partition coefficient (Wildman–Crippen LogP) is 26.6. The van der Waals surface area contributed by atoms with Gasteiger partial charge in [-0.25, -0.2) is 4.79 Å². The Kier molecular flexibility index (Phi) is 74.6. The Bertz CT molecular complexity index is 2160. The number of nitrogens with zero attached hydrogens (tertiary/aromatic N) is 2. The zero-order valence-corrected chi connectivity index (χ0v) is 73.0. The molecule has 9 rings (SSSR count). The van der Waals surface area contributed by atoms with Gasteiger partial charge in [0.05, 0.1) is 24.7 Å². The summed E-state index contributed by atoms with van der Waals surface area (Å²) in [7, 11) is 1.41. The van der Waals surface area contributed by atoms with Crippen molar-refractivity contribution in [2.45, 2.75) is 396 Å². The van der Waals surface area contributed by atoms with Crippen molar-refractivity contribution in [2.24, 2.45) is 58.5 Å². The first-order valence-corrected chi connectivity index (χ1v) is 41.9. The molecule has 12 nitrogen and oxygen atoms in total. The van der Waals surface area contributed by atoms with Gasteiger partial charge in [0.15, 0.2) is 0 Å². The van der Waals surface area contributed by atoms with Gasteiger partial charge in [0.2, 0.25) is 0 Å². The number of imide groups is 1. The topological polar surface area (TPSA) is 165 Å².